The Hall–Kier alpha value is -8.52. The van der Waals surface area contributed by atoms with Crippen molar-refractivity contribution in [1.29, 1.82) is 0 Å². The number of benzene rings is 1. The second-order valence-corrected chi connectivity index (χ2v) is 27.1. The smallest absolute Gasteiger partial charge is 0.323 e. The van der Waals surface area contributed by atoms with E-state index in [1.807, 2.05) is 52.2 Å². The standard InChI is InChI=1S/C72H120N14O22/c1-14-51(4)67(76-52(5)87)70(98)78-56(41-50(2)3)69(97)75-43-54-17-15-53(16-18-54)42-74-68(96)55(77-60(89)22-20-58(72(100)108-13)86-39-35-83(48-65(94)105-10)31-27-80(45-62(91)102-7)28-32-84(36-40-86)49-66(95)106-11)23-24-73-59(88)21-19-57(71(99)107-12)85-37-33-81(46-63(92)103-8)29-25-79(44-61(90)101-6)26-30-82(34-38-85)47-64(93)104-9/h15-18,50-51,55-58,67H,14,19-49H2,1-13H3,(H,73,88)(H,74,96)(H,75,97)(H,76,87)(H,77,89)(H,78,98)/t51?,55-,56-,57?,58?,67-/m0/s1. The molecular weight excluding hydrogens is 1410 g/mol. The molecule has 0 radical (unpaired) electrons. The van der Waals surface area contributed by atoms with Crippen molar-refractivity contribution in [2.24, 2.45) is 11.8 Å². The van der Waals surface area contributed by atoms with Crippen LogP contribution in [0.3, 0.4) is 0 Å². The largest absolute Gasteiger partial charge is 0.468 e. The van der Waals surface area contributed by atoms with Gasteiger partial charge in [0.05, 0.1) is 96.1 Å². The molecule has 108 heavy (non-hydrogen) atoms. The lowest BCUT2D eigenvalue weighted by Gasteiger charge is -2.36. The van der Waals surface area contributed by atoms with Crippen molar-refractivity contribution in [2.75, 3.05) is 207 Å². The van der Waals surface area contributed by atoms with Gasteiger partial charge in [-0.05, 0) is 48.6 Å². The Labute approximate surface area is 634 Å². The summed E-state index contributed by atoms with van der Waals surface area (Å²) in [6.07, 6.45) is 0.0216. The van der Waals surface area contributed by atoms with Crippen LogP contribution < -0.4 is 31.9 Å². The lowest BCUT2D eigenvalue weighted by molar-refractivity contribution is -0.149. The first kappa shape index (κ1) is 93.7. The molecule has 2 saturated heterocycles. The molecule has 0 bridgehead atoms. The molecule has 36 heteroatoms. The van der Waals surface area contributed by atoms with E-state index in [2.05, 4.69) is 31.9 Å². The highest BCUT2D eigenvalue weighted by Gasteiger charge is 2.35. The number of methoxy groups -OCH3 is 8. The van der Waals surface area contributed by atoms with Crippen LogP contribution in [0.25, 0.3) is 0 Å². The summed E-state index contributed by atoms with van der Waals surface area (Å²) in [5.41, 5.74) is 1.32. The van der Waals surface area contributed by atoms with Gasteiger partial charge in [-0.15, -0.1) is 0 Å². The fraction of sp³-hybridized carbons (Fsp3) is 0.722. The van der Waals surface area contributed by atoms with E-state index in [1.165, 1.54) is 63.8 Å². The van der Waals surface area contributed by atoms with Crippen LogP contribution in [0.4, 0.5) is 0 Å². The third-order valence-corrected chi connectivity index (χ3v) is 18.9. The van der Waals surface area contributed by atoms with E-state index in [0.29, 0.717) is 63.2 Å². The molecule has 2 aliphatic heterocycles. The molecule has 3 rings (SSSR count). The lowest BCUT2D eigenvalue weighted by atomic mass is 9.96. The number of carbonyl (C=O) groups excluding carboxylic acids is 14. The molecular formula is C72H120N14O22. The fourth-order valence-corrected chi connectivity index (χ4v) is 12.1. The number of ether oxygens (including phenoxy) is 8. The van der Waals surface area contributed by atoms with Crippen LogP contribution in [0.1, 0.15) is 90.7 Å². The molecule has 1 aromatic carbocycles. The highest BCUT2D eigenvalue weighted by Crippen LogP contribution is 2.17. The molecule has 0 aliphatic carbocycles. The van der Waals surface area contributed by atoms with E-state index in [-0.39, 0.29) is 174 Å². The van der Waals surface area contributed by atoms with Crippen LogP contribution in [0, 0.1) is 11.8 Å². The number of hydrogen-bond acceptors (Lipinski definition) is 30. The molecule has 36 nitrogen and oxygen atoms in total. The van der Waals surface area contributed by atoms with Gasteiger partial charge in [-0.3, -0.25) is 106 Å². The first-order valence-electron chi connectivity index (χ1n) is 36.7. The van der Waals surface area contributed by atoms with E-state index in [9.17, 15) is 67.1 Å². The van der Waals surface area contributed by atoms with Crippen molar-refractivity contribution < 1.29 is 105 Å². The third-order valence-electron chi connectivity index (χ3n) is 18.9. The Morgan fingerprint density at radius 2 is 0.694 bits per heavy atom. The van der Waals surface area contributed by atoms with Gasteiger partial charge in [0.1, 0.15) is 30.2 Å². The van der Waals surface area contributed by atoms with Gasteiger partial charge in [-0.25, -0.2) is 0 Å². The maximum Gasteiger partial charge on any atom is 0.323 e. The highest BCUT2D eigenvalue weighted by atomic mass is 16.5. The predicted octanol–water partition coefficient (Wildman–Crippen LogP) is -2.88. The molecule has 0 aromatic heterocycles. The van der Waals surface area contributed by atoms with Gasteiger partial charge in [0.2, 0.25) is 35.4 Å². The topological polar surface area (TPSA) is 411 Å². The number of nitrogens with zero attached hydrogens (tertiary/aromatic N) is 8. The summed E-state index contributed by atoms with van der Waals surface area (Å²) in [6.45, 7) is 12.0. The molecule has 610 valence electrons. The van der Waals surface area contributed by atoms with Crippen LogP contribution >= 0.6 is 0 Å². The molecule has 3 unspecified atom stereocenters. The van der Waals surface area contributed by atoms with Crippen molar-refractivity contribution in [3.63, 3.8) is 0 Å². The van der Waals surface area contributed by atoms with E-state index in [1.54, 1.807) is 39.0 Å². The summed E-state index contributed by atoms with van der Waals surface area (Å²) in [5.74, 6) is -7.66. The van der Waals surface area contributed by atoms with Crippen molar-refractivity contribution >= 4 is 83.2 Å². The van der Waals surface area contributed by atoms with Crippen LogP contribution in [0.5, 0.6) is 0 Å². The summed E-state index contributed by atoms with van der Waals surface area (Å²) >= 11 is 0. The van der Waals surface area contributed by atoms with Gasteiger partial charge in [0.25, 0.3) is 0 Å². The van der Waals surface area contributed by atoms with Crippen LogP contribution in [-0.2, 0) is 118 Å². The summed E-state index contributed by atoms with van der Waals surface area (Å²) in [5, 5.41) is 16.9. The van der Waals surface area contributed by atoms with Gasteiger partial charge in [-0.1, -0.05) is 58.4 Å². The fourth-order valence-electron chi connectivity index (χ4n) is 12.1. The molecule has 6 atom stereocenters. The van der Waals surface area contributed by atoms with E-state index in [0.717, 1.165) is 0 Å². The number of nitrogens with one attached hydrogen (secondary N) is 6. The van der Waals surface area contributed by atoms with E-state index in [4.69, 9.17) is 37.9 Å². The van der Waals surface area contributed by atoms with Crippen LogP contribution in [0.2, 0.25) is 0 Å². The second-order valence-electron chi connectivity index (χ2n) is 27.1. The summed E-state index contributed by atoms with van der Waals surface area (Å²) in [6, 6.07) is 1.85. The molecule has 2 aliphatic rings. The minimum atomic E-state index is -1.29. The Morgan fingerprint density at radius 3 is 0.991 bits per heavy atom. The highest BCUT2D eigenvalue weighted by molar-refractivity contribution is 5.92. The zero-order valence-corrected chi connectivity index (χ0v) is 65.5. The van der Waals surface area contributed by atoms with E-state index >= 15 is 0 Å². The third kappa shape index (κ3) is 36.6. The summed E-state index contributed by atoms with van der Waals surface area (Å²) in [7, 11) is 10.0. The van der Waals surface area contributed by atoms with E-state index < -0.39 is 107 Å². The second kappa shape index (κ2) is 51.7. The Balaban J connectivity index is 1.96. The van der Waals surface area contributed by atoms with Gasteiger partial charge in [0, 0.05) is 144 Å². The quantitative estimate of drug-likeness (QED) is 0.0285. The number of carbonyl (C=O) groups is 14. The molecule has 2 heterocycles. The zero-order chi connectivity index (χ0) is 80.3. The monoisotopic (exact) mass is 1530 g/mol. The van der Waals surface area contributed by atoms with Crippen LogP contribution in [0.15, 0.2) is 24.3 Å². The normalized spacial score (nSPS) is 17.2. The Morgan fingerprint density at radius 1 is 0.380 bits per heavy atom. The zero-order valence-electron chi connectivity index (χ0n) is 65.5. The maximum absolute atomic E-state index is 14.5. The SMILES string of the molecule is CCC(C)[C@H](NC(C)=O)C(=O)N[C@@H](CC(C)C)C(=O)NCc1ccc(CNC(=O)[C@H](CCNC(=O)CCC(C(=O)OC)N2CCN(CC(=O)OC)CCN(CC(=O)OC)CCN(CC(=O)OC)CC2)NC(=O)CCC(C(=O)OC)N2CCN(CC(=O)OC)CCN(CC(=O)OC)CCN(CC(=O)OC)CC2)cc1. The first-order chi connectivity index (χ1) is 51.5. The average Bonchev–Trinajstić information content (AvgIpc) is 0.872. The Bertz CT molecular complexity index is 2970. The first-order valence-corrected chi connectivity index (χ1v) is 36.7. The number of rotatable bonds is 39. The van der Waals surface area contributed by atoms with Crippen molar-refractivity contribution in [2.45, 2.75) is 123 Å². The molecule has 0 spiro atoms. The average molecular weight is 1530 g/mol. The summed E-state index contributed by atoms with van der Waals surface area (Å²) < 4.78 is 40.5. The lowest BCUT2D eigenvalue weighted by Crippen LogP contribution is -2.55. The number of hydrogen-bond donors (Lipinski definition) is 6. The number of esters is 8. The molecule has 6 N–H and O–H groups in total. The van der Waals surface area contributed by atoms with Crippen LogP contribution in [-0.4, -0.2) is 360 Å². The molecule has 0 saturated carbocycles. The van der Waals surface area contributed by atoms with Gasteiger partial charge in [-0.2, -0.15) is 0 Å². The Kier molecular flexibility index (Phi) is 44.9. The van der Waals surface area contributed by atoms with Gasteiger partial charge < -0.3 is 69.8 Å². The van der Waals surface area contributed by atoms with Gasteiger partial charge >= 0.3 is 47.8 Å². The van der Waals surface area contributed by atoms with Crippen molar-refractivity contribution in [3.05, 3.63) is 35.4 Å². The number of amides is 6. The summed E-state index contributed by atoms with van der Waals surface area (Å²) in [4.78, 5) is 200. The maximum atomic E-state index is 14.5. The van der Waals surface area contributed by atoms with Crippen molar-refractivity contribution in [1.82, 2.24) is 71.1 Å². The minimum Gasteiger partial charge on any atom is -0.468 e. The van der Waals surface area contributed by atoms with Crippen molar-refractivity contribution in [3.8, 4) is 0 Å². The predicted molar refractivity (Wildman–Crippen MR) is 392 cm³/mol. The minimum absolute atomic E-state index is 0.0288. The molecule has 2 fully saturated rings. The molecule has 1 aromatic rings. The van der Waals surface area contributed by atoms with Gasteiger partial charge in [0.15, 0.2) is 0 Å². The molecule has 6 amide bonds.